The van der Waals surface area contributed by atoms with Gasteiger partial charge in [-0.3, -0.25) is 4.79 Å². The first kappa shape index (κ1) is 16.6. The minimum atomic E-state index is -0.382. The van der Waals surface area contributed by atoms with Crippen LogP contribution in [0, 0.1) is 0 Å². The van der Waals surface area contributed by atoms with Crippen LogP contribution in [-0.4, -0.2) is 24.0 Å². The van der Waals surface area contributed by atoms with Crippen LogP contribution in [0.15, 0.2) is 35.7 Å². The molecule has 0 aliphatic carbocycles. The van der Waals surface area contributed by atoms with Crippen LogP contribution >= 0.6 is 11.3 Å². The average Bonchev–Trinajstić information content (AvgIpc) is 2.98. The molecule has 1 aromatic heterocycles. The second-order valence-corrected chi connectivity index (χ2v) is 5.47. The summed E-state index contributed by atoms with van der Waals surface area (Å²) in [6.07, 6.45) is 6.88. The Balaban J connectivity index is 2.00. The fourth-order valence-electron chi connectivity index (χ4n) is 1.70. The summed E-state index contributed by atoms with van der Waals surface area (Å²) in [5, 5.41) is 5.10. The van der Waals surface area contributed by atoms with Crippen molar-refractivity contribution in [1.82, 2.24) is 4.98 Å². The molecule has 118 valence electrons. The summed E-state index contributed by atoms with van der Waals surface area (Å²) < 4.78 is 4.54. The third-order valence-electron chi connectivity index (χ3n) is 2.80. The largest absolute Gasteiger partial charge is 0.466 e. The lowest BCUT2D eigenvalue weighted by molar-refractivity contribution is -0.134. The quantitative estimate of drug-likeness (QED) is 0.674. The maximum Gasteiger partial charge on any atom is 0.330 e. The van der Waals surface area contributed by atoms with Gasteiger partial charge in [0.1, 0.15) is 0 Å². The Bertz CT molecular complexity index is 745. The van der Waals surface area contributed by atoms with E-state index >= 15 is 0 Å². The number of nitrogens with zero attached hydrogens (tertiary/aromatic N) is 1. The monoisotopic (exact) mass is 328 g/mol. The molecule has 1 N–H and O–H groups in total. The Hall–Kier alpha value is -2.73. The molecule has 0 saturated carbocycles. The van der Waals surface area contributed by atoms with Crippen LogP contribution in [0.3, 0.4) is 0 Å². The van der Waals surface area contributed by atoms with Crippen LogP contribution in [-0.2, 0) is 14.3 Å². The highest BCUT2D eigenvalue weighted by atomic mass is 32.1. The summed E-state index contributed by atoms with van der Waals surface area (Å²) >= 11 is 1.38. The number of carbonyl (C=O) groups excluding carboxylic acids is 2. The number of rotatable bonds is 5. The van der Waals surface area contributed by atoms with E-state index in [1.807, 2.05) is 41.8 Å². The van der Waals surface area contributed by atoms with E-state index in [0.717, 1.165) is 16.8 Å². The molecule has 0 aliphatic rings. The molecule has 0 atom stereocenters. The van der Waals surface area contributed by atoms with Gasteiger partial charge >= 0.3 is 5.97 Å². The van der Waals surface area contributed by atoms with Crippen LogP contribution in [0.25, 0.3) is 18.2 Å². The van der Waals surface area contributed by atoms with Crippen molar-refractivity contribution in [2.45, 2.75) is 6.92 Å². The van der Waals surface area contributed by atoms with Crippen molar-refractivity contribution in [1.29, 1.82) is 0 Å². The number of thiazole rings is 1. The van der Waals surface area contributed by atoms with Gasteiger partial charge in [0.15, 0.2) is 5.13 Å². The number of hydrogen-bond donors (Lipinski definition) is 1. The Morgan fingerprint density at radius 3 is 2.39 bits per heavy atom. The third-order valence-corrected chi connectivity index (χ3v) is 3.58. The fourth-order valence-corrected chi connectivity index (χ4v) is 2.43. The molecule has 1 aromatic carbocycles. The van der Waals surface area contributed by atoms with Gasteiger partial charge in [-0.2, -0.15) is 0 Å². The van der Waals surface area contributed by atoms with Crippen LogP contribution in [0.1, 0.15) is 23.7 Å². The van der Waals surface area contributed by atoms with E-state index in [2.05, 4.69) is 15.0 Å². The summed E-state index contributed by atoms with van der Waals surface area (Å²) in [5.41, 5.74) is 2.71. The Labute approximate surface area is 138 Å². The standard InChI is InChI=1S/C17H16N2O3S/c1-12(20)18-17-19-15(11-23-17)9-7-13-3-5-14(6-4-13)8-10-16(21)22-2/h3-11H,1-2H3,(H,18,19,20)/b9-7+,10-8+. The van der Waals surface area contributed by atoms with Crippen LogP contribution in [0.4, 0.5) is 5.13 Å². The molecule has 1 heterocycles. The molecule has 0 radical (unpaired) electrons. The zero-order valence-electron chi connectivity index (χ0n) is 12.8. The lowest BCUT2D eigenvalue weighted by atomic mass is 10.1. The normalized spacial score (nSPS) is 11.0. The molecule has 23 heavy (non-hydrogen) atoms. The summed E-state index contributed by atoms with van der Waals surface area (Å²) in [5.74, 6) is -0.516. The smallest absolute Gasteiger partial charge is 0.330 e. The van der Waals surface area contributed by atoms with Crippen molar-refractivity contribution < 1.29 is 14.3 Å². The molecule has 5 nitrogen and oxygen atoms in total. The number of anilines is 1. The molecule has 2 aromatic rings. The highest BCUT2D eigenvalue weighted by molar-refractivity contribution is 7.14. The second-order valence-electron chi connectivity index (χ2n) is 4.62. The van der Waals surface area contributed by atoms with Gasteiger partial charge in [0, 0.05) is 18.4 Å². The molecule has 0 saturated heterocycles. The fraction of sp³-hybridized carbons (Fsp3) is 0.118. The summed E-state index contributed by atoms with van der Waals surface area (Å²) in [6.45, 7) is 1.45. The zero-order chi connectivity index (χ0) is 16.7. The first-order valence-corrected chi connectivity index (χ1v) is 7.72. The number of benzene rings is 1. The number of methoxy groups -OCH3 is 1. The van der Waals surface area contributed by atoms with Crippen molar-refractivity contribution >= 4 is 46.6 Å². The van der Waals surface area contributed by atoms with Gasteiger partial charge in [-0.15, -0.1) is 11.3 Å². The van der Waals surface area contributed by atoms with E-state index in [0.29, 0.717) is 5.13 Å². The molecule has 0 bridgehead atoms. The Kier molecular flexibility index (Phi) is 5.82. The lowest BCUT2D eigenvalue weighted by Crippen LogP contribution is -2.04. The van der Waals surface area contributed by atoms with Crippen molar-refractivity contribution in [3.8, 4) is 0 Å². The van der Waals surface area contributed by atoms with E-state index in [-0.39, 0.29) is 11.9 Å². The van der Waals surface area contributed by atoms with Gasteiger partial charge in [0.2, 0.25) is 5.91 Å². The van der Waals surface area contributed by atoms with Crippen molar-refractivity contribution in [3.63, 3.8) is 0 Å². The number of aromatic nitrogens is 1. The summed E-state index contributed by atoms with van der Waals surface area (Å²) in [4.78, 5) is 26.3. The molecular formula is C17H16N2O3S. The van der Waals surface area contributed by atoms with E-state index in [1.165, 1.54) is 31.4 Å². The van der Waals surface area contributed by atoms with Gasteiger partial charge in [0.25, 0.3) is 0 Å². The Morgan fingerprint density at radius 1 is 1.13 bits per heavy atom. The SMILES string of the molecule is COC(=O)/C=C/c1ccc(/C=C/c2csc(NC(C)=O)n2)cc1. The molecule has 0 spiro atoms. The minimum Gasteiger partial charge on any atom is -0.466 e. The number of amides is 1. The summed E-state index contributed by atoms with van der Waals surface area (Å²) in [7, 11) is 1.34. The van der Waals surface area contributed by atoms with Crippen molar-refractivity contribution in [2.75, 3.05) is 12.4 Å². The molecule has 1 amide bonds. The minimum absolute atomic E-state index is 0.134. The highest BCUT2D eigenvalue weighted by Gasteiger charge is 2.00. The average molecular weight is 328 g/mol. The van der Waals surface area contributed by atoms with Crippen LogP contribution < -0.4 is 5.32 Å². The highest BCUT2D eigenvalue weighted by Crippen LogP contribution is 2.17. The maximum absolute atomic E-state index is 11.0. The molecular weight excluding hydrogens is 312 g/mol. The molecule has 0 fully saturated rings. The number of hydrogen-bond acceptors (Lipinski definition) is 5. The van der Waals surface area contributed by atoms with Crippen molar-refractivity contribution in [2.24, 2.45) is 0 Å². The predicted molar refractivity (Wildman–Crippen MR) is 92.8 cm³/mol. The molecule has 2 rings (SSSR count). The van der Waals surface area contributed by atoms with E-state index in [1.54, 1.807) is 6.08 Å². The molecule has 0 aliphatic heterocycles. The third kappa shape index (κ3) is 5.52. The van der Waals surface area contributed by atoms with Crippen LogP contribution in [0.5, 0.6) is 0 Å². The Morgan fingerprint density at radius 2 is 1.78 bits per heavy atom. The first-order valence-electron chi connectivity index (χ1n) is 6.84. The predicted octanol–water partition coefficient (Wildman–Crippen LogP) is 3.46. The van der Waals surface area contributed by atoms with Crippen molar-refractivity contribution in [3.05, 3.63) is 52.5 Å². The molecule has 6 heteroatoms. The van der Waals surface area contributed by atoms with Gasteiger partial charge in [-0.05, 0) is 23.3 Å². The topological polar surface area (TPSA) is 68.3 Å². The second kappa shape index (κ2) is 8.05. The van der Waals surface area contributed by atoms with E-state index in [9.17, 15) is 9.59 Å². The number of ether oxygens (including phenoxy) is 1. The van der Waals surface area contributed by atoms with Gasteiger partial charge in [-0.1, -0.05) is 30.3 Å². The number of nitrogens with one attached hydrogen (secondary N) is 1. The zero-order valence-corrected chi connectivity index (χ0v) is 13.6. The van der Waals surface area contributed by atoms with Gasteiger partial charge in [0.05, 0.1) is 12.8 Å². The number of carbonyl (C=O) groups is 2. The first-order chi connectivity index (χ1) is 11.1. The number of esters is 1. The lowest BCUT2D eigenvalue weighted by Gasteiger charge is -1.96. The van der Waals surface area contributed by atoms with Gasteiger partial charge in [-0.25, -0.2) is 9.78 Å². The summed E-state index contributed by atoms with van der Waals surface area (Å²) in [6, 6.07) is 7.69. The molecule has 0 unspecified atom stereocenters. The van der Waals surface area contributed by atoms with E-state index in [4.69, 9.17) is 0 Å². The van der Waals surface area contributed by atoms with Crippen LogP contribution in [0.2, 0.25) is 0 Å². The van der Waals surface area contributed by atoms with E-state index < -0.39 is 0 Å². The maximum atomic E-state index is 11.0. The van der Waals surface area contributed by atoms with Gasteiger partial charge < -0.3 is 10.1 Å².